The van der Waals surface area contributed by atoms with Gasteiger partial charge in [-0.15, -0.1) is 10.2 Å². The van der Waals surface area contributed by atoms with Gasteiger partial charge in [0.1, 0.15) is 11.5 Å². The molecule has 1 aromatic carbocycles. The number of nitrogens with zero attached hydrogens (tertiary/aromatic N) is 4. The van der Waals surface area contributed by atoms with Crippen LogP contribution in [0.25, 0.3) is 11.4 Å². The fourth-order valence-electron chi connectivity index (χ4n) is 1.60. The highest BCUT2D eigenvalue weighted by atomic mass is 16.5. The van der Waals surface area contributed by atoms with Crippen molar-refractivity contribution in [1.82, 2.24) is 25.5 Å². The van der Waals surface area contributed by atoms with Gasteiger partial charge in [0.15, 0.2) is 0 Å². The molecule has 1 aromatic heterocycles. The van der Waals surface area contributed by atoms with E-state index in [1.54, 1.807) is 25.1 Å². The predicted octanol–water partition coefficient (Wildman–Crippen LogP) is 0.577. The van der Waals surface area contributed by atoms with E-state index in [4.69, 9.17) is 9.47 Å². The molecule has 0 bridgehead atoms. The Kier molecular flexibility index (Phi) is 4.30. The van der Waals surface area contributed by atoms with E-state index < -0.39 is 0 Å². The van der Waals surface area contributed by atoms with Gasteiger partial charge in [-0.25, -0.2) is 0 Å². The lowest BCUT2D eigenvalue weighted by atomic mass is 10.2. The Balaban J connectivity index is 2.27. The fourth-order valence-corrected chi connectivity index (χ4v) is 1.60. The monoisotopic (exact) mass is 263 g/mol. The van der Waals surface area contributed by atoms with Crippen molar-refractivity contribution in [2.75, 3.05) is 27.8 Å². The van der Waals surface area contributed by atoms with Crippen LogP contribution in [0.4, 0.5) is 0 Å². The van der Waals surface area contributed by atoms with Gasteiger partial charge in [-0.2, -0.15) is 4.80 Å². The number of hydrogen-bond donors (Lipinski definition) is 1. The molecule has 1 N–H and O–H groups in total. The summed E-state index contributed by atoms with van der Waals surface area (Å²) in [4.78, 5) is 1.55. The summed E-state index contributed by atoms with van der Waals surface area (Å²) in [6, 6.07) is 5.50. The first-order valence-electron chi connectivity index (χ1n) is 5.92. The van der Waals surface area contributed by atoms with Crippen molar-refractivity contribution in [2.45, 2.75) is 6.54 Å². The molecule has 7 nitrogen and oxygen atoms in total. The standard InChI is InChI=1S/C12H17N5O2/c1-13-4-5-17-15-12(14-16-17)9-6-10(18-2)8-11(7-9)19-3/h6-8,13H,4-5H2,1-3H3. The molecule has 1 heterocycles. The molecule has 0 unspecified atom stereocenters. The van der Waals surface area contributed by atoms with Gasteiger partial charge in [0.25, 0.3) is 0 Å². The minimum absolute atomic E-state index is 0.549. The Morgan fingerprint density at radius 1 is 1.16 bits per heavy atom. The molecule has 2 rings (SSSR count). The van der Waals surface area contributed by atoms with Gasteiger partial charge in [-0.05, 0) is 24.4 Å². The quantitative estimate of drug-likeness (QED) is 0.821. The summed E-state index contributed by atoms with van der Waals surface area (Å²) >= 11 is 0. The van der Waals surface area contributed by atoms with E-state index in [2.05, 4.69) is 20.7 Å². The summed E-state index contributed by atoms with van der Waals surface area (Å²) in [5.41, 5.74) is 0.812. The first-order chi connectivity index (χ1) is 9.26. The maximum atomic E-state index is 5.22. The predicted molar refractivity (Wildman–Crippen MR) is 70.3 cm³/mol. The van der Waals surface area contributed by atoms with Crippen molar-refractivity contribution in [3.8, 4) is 22.9 Å². The van der Waals surface area contributed by atoms with Crippen LogP contribution in [0.2, 0.25) is 0 Å². The van der Waals surface area contributed by atoms with E-state index in [-0.39, 0.29) is 0 Å². The average molecular weight is 263 g/mol. The summed E-state index contributed by atoms with van der Waals surface area (Å²) in [5.74, 6) is 1.94. The molecule has 0 spiro atoms. The van der Waals surface area contributed by atoms with Crippen LogP contribution in [0.15, 0.2) is 18.2 Å². The minimum Gasteiger partial charge on any atom is -0.497 e. The molecule has 0 saturated carbocycles. The van der Waals surface area contributed by atoms with E-state index in [1.807, 2.05) is 19.2 Å². The number of nitrogens with one attached hydrogen (secondary N) is 1. The Bertz CT molecular complexity index is 518. The summed E-state index contributed by atoms with van der Waals surface area (Å²) in [7, 11) is 5.09. The van der Waals surface area contributed by atoms with Gasteiger partial charge in [0.05, 0.1) is 20.8 Å². The molecule has 102 valence electrons. The van der Waals surface area contributed by atoms with Gasteiger partial charge in [-0.3, -0.25) is 0 Å². The van der Waals surface area contributed by atoms with Crippen LogP contribution in [-0.4, -0.2) is 48.0 Å². The Morgan fingerprint density at radius 2 is 1.84 bits per heavy atom. The highest BCUT2D eigenvalue weighted by Crippen LogP contribution is 2.27. The molecule has 7 heteroatoms. The third-order valence-electron chi connectivity index (χ3n) is 2.62. The van der Waals surface area contributed by atoms with Crippen LogP contribution in [0.1, 0.15) is 0 Å². The molecule has 0 aliphatic carbocycles. The molecule has 0 aliphatic rings. The zero-order valence-electron chi connectivity index (χ0n) is 11.3. The molecule has 0 radical (unpaired) electrons. The number of methoxy groups -OCH3 is 2. The van der Waals surface area contributed by atoms with Crippen LogP contribution in [0.5, 0.6) is 11.5 Å². The summed E-state index contributed by atoms with van der Waals surface area (Å²) in [5, 5.41) is 15.4. The zero-order chi connectivity index (χ0) is 13.7. The Labute approximate surface area is 111 Å². The minimum atomic E-state index is 0.549. The van der Waals surface area contributed by atoms with Crippen molar-refractivity contribution in [3.05, 3.63) is 18.2 Å². The third kappa shape index (κ3) is 3.19. The van der Waals surface area contributed by atoms with Crippen molar-refractivity contribution in [3.63, 3.8) is 0 Å². The van der Waals surface area contributed by atoms with Crippen LogP contribution in [0.3, 0.4) is 0 Å². The number of aromatic nitrogens is 4. The number of hydrogen-bond acceptors (Lipinski definition) is 6. The van der Waals surface area contributed by atoms with Crippen LogP contribution in [0, 0.1) is 0 Å². The van der Waals surface area contributed by atoms with E-state index in [0.29, 0.717) is 23.9 Å². The van der Waals surface area contributed by atoms with E-state index in [0.717, 1.165) is 12.1 Å². The van der Waals surface area contributed by atoms with E-state index >= 15 is 0 Å². The molecule has 0 fully saturated rings. The third-order valence-corrected chi connectivity index (χ3v) is 2.62. The Hall–Kier alpha value is -2.15. The molecular weight excluding hydrogens is 246 g/mol. The van der Waals surface area contributed by atoms with Crippen molar-refractivity contribution >= 4 is 0 Å². The smallest absolute Gasteiger partial charge is 0.205 e. The molecule has 0 saturated heterocycles. The topological polar surface area (TPSA) is 74.1 Å². The molecule has 0 atom stereocenters. The van der Waals surface area contributed by atoms with E-state index in [9.17, 15) is 0 Å². The van der Waals surface area contributed by atoms with Gasteiger partial charge in [-0.1, -0.05) is 0 Å². The van der Waals surface area contributed by atoms with Gasteiger partial charge in [0, 0.05) is 18.2 Å². The second-order valence-electron chi connectivity index (χ2n) is 3.91. The highest BCUT2D eigenvalue weighted by molar-refractivity contribution is 5.60. The zero-order valence-corrected chi connectivity index (χ0v) is 11.3. The molecular formula is C12H17N5O2. The molecule has 0 aliphatic heterocycles. The maximum absolute atomic E-state index is 5.22. The maximum Gasteiger partial charge on any atom is 0.205 e. The van der Waals surface area contributed by atoms with Crippen LogP contribution in [-0.2, 0) is 6.54 Å². The number of rotatable bonds is 6. The first-order valence-corrected chi connectivity index (χ1v) is 5.92. The van der Waals surface area contributed by atoms with Gasteiger partial charge < -0.3 is 14.8 Å². The lowest BCUT2D eigenvalue weighted by Gasteiger charge is -2.05. The van der Waals surface area contributed by atoms with Crippen molar-refractivity contribution < 1.29 is 9.47 Å². The van der Waals surface area contributed by atoms with Crippen molar-refractivity contribution in [2.24, 2.45) is 0 Å². The lowest BCUT2D eigenvalue weighted by Crippen LogP contribution is -2.16. The number of likely N-dealkylation sites (N-methyl/N-ethyl adjacent to an activating group) is 1. The number of benzene rings is 1. The molecule has 0 amide bonds. The largest absolute Gasteiger partial charge is 0.497 e. The molecule has 19 heavy (non-hydrogen) atoms. The van der Waals surface area contributed by atoms with Crippen LogP contribution >= 0.6 is 0 Å². The van der Waals surface area contributed by atoms with E-state index in [1.165, 1.54) is 0 Å². The number of ether oxygens (including phenoxy) is 2. The second-order valence-corrected chi connectivity index (χ2v) is 3.91. The van der Waals surface area contributed by atoms with Crippen molar-refractivity contribution in [1.29, 1.82) is 0 Å². The van der Waals surface area contributed by atoms with Gasteiger partial charge in [0.2, 0.25) is 5.82 Å². The first kappa shape index (κ1) is 13.3. The Morgan fingerprint density at radius 3 is 2.42 bits per heavy atom. The fraction of sp³-hybridized carbons (Fsp3) is 0.417. The summed E-state index contributed by atoms with van der Waals surface area (Å²) in [6.45, 7) is 1.46. The normalized spacial score (nSPS) is 10.5. The van der Waals surface area contributed by atoms with Gasteiger partial charge >= 0.3 is 0 Å². The summed E-state index contributed by atoms with van der Waals surface area (Å²) < 4.78 is 10.4. The highest BCUT2D eigenvalue weighted by Gasteiger charge is 2.09. The SMILES string of the molecule is CNCCn1nnc(-c2cc(OC)cc(OC)c2)n1. The summed E-state index contributed by atoms with van der Waals surface area (Å²) in [6.07, 6.45) is 0. The van der Waals surface area contributed by atoms with Crippen LogP contribution < -0.4 is 14.8 Å². The number of tetrazole rings is 1. The average Bonchev–Trinajstić information content (AvgIpc) is 2.93. The molecule has 2 aromatic rings. The lowest BCUT2D eigenvalue weighted by molar-refractivity contribution is 0.394. The second kappa shape index (κ2) is 6.14.